The van der Waals surface area contributed by atoms with Crippen LogP contribution in [0.3, 0.4) is 0 Å². The normalized spacial score (nSPS) is 17.9. The molecule has 0 saturated carbocycles. The van der Waals surface area contributed by atoms with E-state index in [-0.39, 0.29) is 18.0 Å². The van der Waals surface area contributed by atoms with Gasteiger partial charge in [-0.3, -0.25) is 9.78 Å². The zero-order valence-electron chi connectivity index (χ0n) is 11.3. The number of anilines is 1. The molecule has 0 radical (unpaired) electrons. The number of nitrogens with zero attached hydrogens (tertiary/aromatic N) is 1. The quantitative estimate of drug-likeness (QED) is 0.897. The molecule has 0 fully saturated rings. The van der Waals surface area contributed by atoms with Crippen molar-refractivity contribution in [2.75, 3.05) is 5.32 Å². The van der Waals surface area contributed by atoms with E-state index >= 15 is 0 Å². The van der Waals surface area contributed by atoms with Crippen molar-refractivity contribution in [1.29, 1.82) is 0 Å². The zero-order valence-corrected chi connectivity index (χ0v) is 11.3. The van der Waals surface area contributed by atoms with E-state index in [2.05, 4.69) is 21.7 Å². The van der Waals surface area contributed by atoms with Crippen molar-refractivity contribution in [2.24, 2.45) is 0 Å². The molecule has 2 N–H and O–H groups in total. The Balaban J connectivity index is 1.64. The number of hydrogen-bond acceptors (Lipinski definition) is 3. The van der Waals surface area contributed by atoms with Gasteiger partial charge in [0.25, 0.3) is 0 Å². The monoisotopic (exact) mass is 267 g/mol. The van der Waals surface area contributed by atoms with Crippen LogP contribution < -0.4 is 10.6 Å². The SMILES string of the molecule is C[C@H](NC(=O)C1Cc2ccccc2N1)c1ccccn1. The van der Waals surface area contributed by atoms with Gasteiger partial charge in [0, 0.05) is 18.3 Å². The third kappa shape index (κ3) is 2.50. The largest absolute Gasteiger partial charge is 0.373 e. The molecule has 1 unspecified atom stereocenters. The number of carbonyl (C=O) groups excluding carboxylic acids is 1. The van der Waals surface area contributed by atoms with E-state index in [4.69, 9.17) is 0 Å². The Morgan fingerprint density at radius 3 is 2.85 bits per heavy atom. The highest BCUT2D eigenvalue weighted by molar-refractivity contribution is 5.87. The molecule has 1 aromatic heterocycles. The van der Waals surface area contributed by atoms with Crippen molar-refractivity contribution in [3.8, 4) is 0 Å². The van der Waals surface area contributed by atoms with Gasteiger partial charge in [0.05, 0.1) is 11.7 Å². The maximum atomic E-state index is 12.3. The fourth-order valence-electron chi connectivity index (χ4n) is 2.48. The summed E-state index contributed by atoms with van der Waals surface area (Å²) in [7, 11) is 0. The average Bonchev–Trinajstić information content (AvgIpc) is 2.92. The van der Waals surface area contributed by atoms with Crippen LogP contribution in [0, 0.1) is 0 Å². The van der Waals surface area contributed by atoms with E-state index in [0.29, 0.717) is 0 Å². The maximum Gasteiger partial charge on any atom is 0.243 e. The third-order valence-electron chi connectivity index (χ3n) is 3.58. The van der Waals surface area contributed by atoms with Crippen molar-refractivity contribution < 1.29 is 4.79 Å². The summed E-state index contributed by atoms with van der Waals surface area (Å²) in [5.74, 6) is 0.0133. The number of amides is 1. The Morgan fingerprint density at radius 2 is 2.10 bits per heavy atom. The molecule has 2 aromatic rings. The molecule has 4 heteroatoms. The highest BCUT2D eigenvalue weighted by Crippen LogP contribution is 2.25. The van der Waals surface area contributed by atoms with Crippen LogP contribution in [0.4, 0.5) is 5.69 Å². The summed E-state index contributed by atoms with van der Waals surface area (Å²) in [6.07, 6.45) is 2.47. The van der Waals surface area contributed by atoms with Crippen LogP contribution in [0.15, 0.2) is 48.7 Å². The molecule has 0 saturated heterocycles. The molecule has 102 valence electrons. The molecule has 1 aliphatic heterocycles. The van der Waals surface area contributed by atoms with Gasteiger partial charge in [-0.2, -0.15) is 0 Å². The summed E-state index contributed by atoms with van der Waals surface area (Å²) in [5.41, 5.74) is 3.12. The Kier molecular flexibility index (Phi) is 3.37. The van der Waals surface area contributed by atoms with Crippen LogP contribution in [0.5, 0.6) is 0 Å². The number of carbonyl (C=O) groups is 1. The Hall–Kier alpha value is -2.36. The molecule has 1 aliphatic rings. The Bertz CT molecular complexity index is 587. The second-order valence-electron chi connectivity index (χ2n) is 5.04. The number of benzene rings is 1. The van der Waals surface area contributed by atoms with Crippen LogP contribution >= 0.6 is 0 Å². The molecule has 4 nitrogen and oxygen atoms in total. The van der Waals surface area contributed by atoms with E-state index in [0.717, 1.165) is 17.8 Å². The zero-order chi connectivity index (χ0) is 13.9. The van der Waals surface area contributed by atoms with Crippen molar-refractivity contribution in [3.05, 3.63) is 59.9 Å². The van der Waals surface area contributed by atoms with Gasteiger partial charge in [-0.15, -0.1) is 0 Å². The van der Waals surface area contributed by atoms with Crippen molar-refractivity contribution in [2.45, 2.75) is 25.4 Å². The van der Waals surface area contributed by atoms with E-state index in [1.165, 1.54) is 5.56 Å². The third-order valence-corrected chi connectivity index (χ3v) is 3.58. The van der Waals surface area contributed by atoms with Gasteiger partial charge in [0.15, 0.2) is 0 Å². The maximum absolute atomic E-state index is 12.3. The predicted octanol–water partition coefficient (Wildman–Crippen LogP) is 2.30. The standard InChI is InChI=1S/C16H17N3O/c1-11(13-7-4-5-9-17-13)18-16(20)15-10-12-6-2-3-8-14(12)19-15/h2-9,11,15,19H,10H2,1H3,(H,18,20)/t11-,15?/m0/s1. The van der Waals surface area contributed by atoms with Crippen LogP contribution in [-0.2, 0) is 11.2 Å². The topological polar surface area (TPSA) is 54.0 Å². The van der Waals surface area contributed by atoms with E-state index in [1.807, 2.05) is 43.3 Å². The summed E-state index contributed by atoms with van der Waals surface area (Å²) in [5, 5.41) is 6.27. The van der Waals surface area contributed by atoms with E-state index in [9.17, 15) is 4.79 Å². The van der Waals surface area contributed by atoms with Crippen LogP contribution in [0.25, 0.3) is 0 Å². The number of pyridine rings is 1. The number of para-hydroxylation sites is 1. The summed E-state index contributed by atoms with van der Waals surface area (Å²) in [6.45, 7) is 1.95. The molecule has 3 rings (SSSR count). The first-order valence-electron chi connectivity index (χ1n) is 6.80. The second-order valence-corrected chi connectivity index (χ2v) is 5.04. The first-order chi connectivity index (χ1) is 9.74. The smallest absolute Gasteiger partial charge is 0.243 e. The van der Waals surface area contributed by atoms with Gasteiger partial charge in [-0.05, 0) is 30.7 Å². The summed E-state index contributed by atoms with van der Waals surface area (Å²) >= 11 is 0. The van der Waals surface area contributed by atoms with E-state index in [1.54, 1.807) is 6.20 Å². The molecule has 1 aromatic carbocycles. The molecule has 0 aliphatic carbocycles. The molecule has 1 amide bonds. The van der Waals surface area contributed by atoms with Crippen LogP contribution in [0.2, 0.25) is 0 Å². The summed E-state index contributed by atoms with van der Waals surface area (Å²) in [6, 6.07) is 13.5. The van der Waals surface area contributed by atoms with Crippen LogP contribution in [-0.4, -0.2) is 16.9 Å². The highest BCUT2D eigenvalue weighted by atomic mass is 16.2. The van der Waals surface area contributed by atoms with Gasteiger partial charge in [-0.25, -0.2) is 0 Å². The average molecular weight is 267 g/mol. The fraction of sp³-hybridized carbons (Fsp3) is 0.250. The van der Waals surface area contributed by atoms with Gasteiger partial charge >= 0.3 is 0 Å². The van der Waals surface area contributed by atoms with Crippen molar-refractivity contribution >= 4 is 11.6 Å². The minimum Gasteiger partial charge on any atom is -0.373 e. The van der Waals surface area contributed by atoms with Crippen molar-refractivity contribution in [1.82, 2.24) is 10.3 Å². The van der Waals surface area contributed by atoms with E-state index < -0.39 is 0 Å². The number of aromatic nitrogens is 1. The lowest BCUT2D eigenvalue weighted by molar-refractivity contribution is -0.122. The molecule has 2 heterocycles. The molecular weight excluding hydrogens is 250 g/mol. The lowest BCUT2D eigenvalue weighted by Gasteiger charge is -2.17. The Labute approximate surface area is 118 Å². The first kappa shape index (κ1) is 12.7. The fourth-order valence-corrected chi connectivity index (χ4v) is 2.48. The number of nitrogens with one attached hydrogen (secondary N) is 2. The van der Waals surface area contributed by atoms with Gasteiger partial charge in [-0.1, -0.05) is 24.3 Å². The highest BCUT2D eigenvalue weighted by Gasteiger charge is 2.27. The summed E-state index contributed by atoms with van der Waals surface area (Å²) < 4.78 is 0. The van der Waals surface area contributed by atoms with Crippen LogP contribution in [0.1, 0.15) is 24.2 Å². The molecule has 20 heavy (non-hydrogen) atoms. The molecule has 0 spiro atoms. The second kappa shape index (κ2) is 5.33. The van der Waals surface area contributed by atoms with Crippen molar-refractivity contribution in [3.63, 3.8) is 0 Å². The van der Waals surface area contributed by atoms with Gasteiger partial charge in [0.1, 0.15) is 6.04 Å². The first-order valence-corrected chi connectivity index (χ1v) is 6.80. The molecule has 2 atom stereocenters. The summed E-state index contributed by atoms with van der Waals surface area (Å²) in [4.78, 5) is 16.6. The molecular formula is C16H17N3O. The number of fused-ring (bicyclic) bond motifs is 1. The number of rotatable bonds is 3. The Morgan fingerprint density at radius 1 is 1.30 bits per heavy atom. The van der Waals surface area contributed by atoms with Gasteiger partial charge in [0.2, 0.25) is 5.91 Å². The minimum absolute atomic E-state index is 0.0133. The molecule has 0 bridgehead atoms. The number of hydrogen-bond donors (Lipinski definition) is 2. The van der Waals surface area contributed by atoms with Gasteiger partial charge < -0.3 is 10.6 Å². The lowest BCUT2D eigenvalue weighted by Crippen LogP contribution is -2.39. The predicted molar refractivity (Wildman–Crippen MR) is 78.4 cm³/mol. The lowest BCUT2D eigenvalue weighted by atomic mass is 10.1. The minimum atomic E-state index is -0.196.